The minimum Gasteiger partial charge on any atom is -0.398 e. The predicted octanol–water partition coefficient (Wildman–Crippen LogP) is 4.92. The van der Waals surface area contributed by atoms with Crippen LogP contribution < -0.4 is 5.73 Å². The Bertz CT molecular complexity index is 1090. The summed E-state index contributed by atoms with van der Waals surface area (Å²) in [6, 6.07) is 21.4. The van der Waals surface area contributed by atoms with Gasteiger partial charge in [0.25, 0.3) is 0 Å². The second kappa shape index (κ2) is 7.30. The lowest BCUT2D eigenvalue weighted by Gasteiger charge is -2.30. The van der Waals surface area contributed by atoms with Crippen molar-refractivity contribution in [3.05, 3.63) is 77.4 Å². The number of benzene rings is 3. The Balaban J connectivity index is 1.38. The molecule has 0 saturated carbocycles. The van der Waals surface area contributed by atoms with Gasteiger partial charge in [-0.2, -0.15) is 0 Å². The van der Waals surface area contributed by atoms with E-state index in [1.54, 1.807) is 0 Å². The molecule has 0 radical (unpaired) electrons. The van der Waals surface area contributed by atoms with E-state index in [0.717, 1.165) is 43.9 Å². The number of nitrogen functional groups attached to an aromatic ring is 1. The van der Waals surface area contributed by atoms with Gasteiger partial charge >= 0.3 is 0 Å². The van der Waals surface area contributed by atoms with Crippen LogP contribution in [0.1, 0.15) is 29.7 Å². The molecule has 0 amide bonds. The first-order valence-electron chi connectivity index (χ1n) is 10.3. The van der Waals surface area contributed by atoms with Gasteiger partial charge in [-0.25, -0.2) is 9.34 Å². The van der Waals surface area contributed by atoms with E-state index < -0.39 is 7.41 Å². The molecule has 0 spiro atoms. The number of hydrogen-bond donors (Lipinski definition) is 1. The number of anilines is 1. The number of fused-ring (bicyclic) bond motifs is 1. The van der Waals surface area contributed by atoms with Crippen LogP contribution in [-0.4, -0.2) is 41.8 Å². The summed E-state index contributed by atoms with van der Waals surface area (Å²) in [6.07, 6.45) is 5.33. The third-order valence-electron chi connectivity index (χ3n) is 5.90. The maximum atomic E-state index is 6.59. The largest absolute Gasteiger partial charge is 0.398 e. The molecule has 0 bridgehead atoms. The maximum Gasteiger partial charge on any atom is 0.131 e. The molecule has 29 heavy (non-hydrogen) atoms. The van der Waals surface area contributed by atoms with Gasteiger partial charge in [-0.05, 0) is 53.2 Å². The number of hydrogen-bond acceptors (Lipinski definition) is 4. The molecule has 0 unspecified atom stereocenters. The molecule has 5 rings (SSSR count). The van der Waals surface area contributed by atoms with E-state index >= 15 is 0 Å². The summed E-state index contributed by atoms with van der Waals surface area (Å²) in [6.45, 7) is 6.56. The Morgan fingerprint density at radius 3 is 2.34 bits per heavy atom. The van der Waals surface area contributed by atoms with Gasteiger partial charge in [-0.15, -0.1) is 0 Å². The van der Waals surface area contributed by atoms with Crippen LogP contribution in [0.3, 0.4) is 0 Å². The van der Waals surface area contributed by atoms with Gasteiger partial charge in [0, 0.05) is 31.9 Å². The third kappa shape index (κ3) is 3.86. The molecule has 4 nitrogen and oxygen atoms in total. The van der Waals surface area contributed by atoms with Gasteiger partial charge in [0.2, 0.25) is 0 Å². The zero-order chi connectivity index (χ0) is 20.0. The summed E-state index contributed by atoms with van der Waals surface area (Å²) in [5.41, 5.74) is 10.8. The molecule has 1 atom stereocenters. The molecule has 150 valence electrons. The Hall–Kier alpha value is -2.10. The van der Waals surface area contributed by atoms with Crippen LogP contribution in [0.5, 0.6) is 0 Å². The number of nitrogens with zero attached hydrogens (tertiary/aromatic N) is 2. The summed E-state index contributed by atoms with van der Waals surface area (Å²) in [5.74, 6) is 0. The van der Waals surface area contributed by atoms with E-state index in [9.17, 15) is 0 Å². The summed E-state index contributed by atoms with van der Waals surface area (Å²) < 4.78 is 11.4. The SMILES string of the molecule is C=P(O[C@H](C)c1ccc(N)c(Cc2ccc3ccccc3c2)c1)(N1CC1)N1CC1. The van der Waals surface area contributed by atoms with Crippen molar-refractivity contribution in [1.82, 2.24) is 9.34 Å². The van der Waals surface area contributed by atoms with E-state index in [0.29, 0.717) is 0 Å². The van der Waals surface area contributed by atoms with Crippen LogP contribution in [0, 0.1) is 0 Å². The van der Waals surface area contributed by atoms with Gasteiger partial charge in [-0.1, -0.05) is 54.6 Å². The Morgan fingerprint density at radius 1 is 0.966 bits per heavy atom. The molecular formula is C24H28N3OP. The second-order valence-corrected chi connectivity index (χ2v) is 10.8. The van der Waals surface area contributed by atoms with Crippen LogP contribution >= 0.6 is 7.41 Å². The van der Waals surface area contributed by atoms with Crippen molar-refractivity contribution in [2.45, 2.75) is 19.4 Å². The molecule has 2 saturated heterocycles. The van der Waals surface area contributed by atoms with Crippen molar-refractivity contribution in [3.63, 3.8) is 0 Å². The quantitative estimate of drug-likeness (QED) is 0.344. The number of nitrogens with two attached hydrogens (primary N) is 1. The van der Waals surface area contributed by atoms with Crippen molar-refractivity contribution < 1.29 is 4.52 Å². The van der Waals surface area contributed by atoms with Crippen LogP contribution in [0.25, 0.3) is 10.8 Å². The van der Waals surface area contributed by atoms with Gasteiger partial charge in [0.05, 0.1) is 6.10 Å². The van der Waals surface area contributed by atoms with Gasteiger partial charge in [0.1, 0.15) is 7.41 Å². The van der Waals surface area contributed by atoms with Crippen molar-refractivity contribution in [3.8, 4) is 0 Å². The predicted molar refractivity (Wildman–Crippen MR) is 124 cm³/mol. The number of rotatable bonds is 7. The first-order valence-corrected chi connectivity index (χ1v) is 12.1. The smallest absolute Gasteiger partial charge is 0.131 e. The monoisotopic (exact) mass is 405 g/mol. The lowest BCUT2D eigenvalue weighted by atomic mass is 9.97. The fourth-order valence-corrected chi connectivity index (χ4v) is 6.62. The minimum absolute atomic E-state index is 0.00186. The molecule has 3 aromatic rings. The summed E-state index contributed by atoms with van der Waals surface area (Å²) in [4.78, 5) is 0. The highest BCUT2D eigenvalue weighted by atomic mass is 31.2. The Morgan fingerprint density at radius 2 is 1.66 bits per heavy atom. The molecular weight excluding hydrogens is 377 g/mol. The first kappa shape index (κ1) is 18.9. The first-order chi connectivity index (χ1) is 14.0. The third-order valence-corrected chi connectivity index (χ3v) is 9.12. The topological polar surface area (TPSA) is 41.3 Å². The fraction of sp³-hybridized carbons (Fsp3) is 0.292. The van der Waals surface area contributed by atoms with E-state index in [-0.39, 0.29) is 6.10 Å². The van der Waals surface area contributed by atoms with E-state index in [4.69, 9.17) is 10.3 Å². The molecule has 0 aliphatic carbocycles. The minimum atomic E-state index is -1.85. The summed E-state index contributed by atoms with van der Waals surface area (Å²) >= 11 is 0. The molecule has 5 heteroatoms. The van der Waals surface area contributed by atoms with Crippen molar-refractivity contribution in [1.29, 1.82) is 0 Å². The highest BCUT2D eigenvalue weighted by molar-refractivity contribution is 7.65. The molecule has 2 fully saturated rings. The van der Waals surface area contributed by atoms with Crippen LogP contribution in [0.2, 0.25) is 0 Å². The highest BCUT2D eigenvalue weighted by Crippen LogP contribution is 2.62. The molecule has 2 aliphatic rings. The van der Waals surface area contributed by atoms with Gasteiger partial charge in [0.15, 0.2) is 0 Å². The Kier molecular flexibility index (Phi) is 4.76. The van der Waals surface area contributed by atoms with E-state index in [1.807, 2.05) is 6.07 Å². The maximum absolute atomic E-state index is 6.59. The lowest BCUT2D eigenvalue weighted by molar-refractivity contribution is 0.230. The molecule has 2 heterocycles. The van der Waals surface area contributed by atoms with E-state index in [1.165, 1.54) is 21.9 Å². The van der Waals surface area contributed by atoms with Crippen LogP contribution in [0.15, 0.2) is 60.7 Å². The normalized spacial score (nSPS) is 18.1. The van der Waals surface area contributed by atoms with E-state index in [2.05, 4.69) is 77.2 Å². The average Bonchev–Trinajstić information content (AvgIpc) is 3.61. The Labute approximate surface area is 173 Å². The van der Waals surface area contributed by atoms with Crippen molar-refractivity contribution in [2.75, 3.05) is 31.9 Å². The zero-order valence-electron chi connectivity index (χ0n) is 16.9. The molecule has 0 aromatic heterocycles. The standard InChI is InChI=1S/C24H28N3OP/c1-18(28-29(2,26-11-12-26)27-13-14-27)21-9-10-24(25)23(17-21)16-19-7-8-20-5-3-4-6-22(20)15-19/h3-10,15,17-18H,2,11-14,16,25H2,1H3/t18-/m1/s1. The lowest BCUT2D eigenvalue weighted by Crippen LogP contribution is -2.11. The van der Waals surface area contributed by atoms with Crippen molar-refractivity contribution in [2.24, 2.45) is 0 Å². The molecule has 2 N–H and O–H groups in total. The van der Waals surface area contributed by atoms with Crippen molar-refractivity contribution >= 4 is 30.2 Å². The van der Waals surface area contributed by atoms with Crippen LogP contribution in [0.4, 0.5) is 5.69 Å². The van der Waals surface area contributed by atoms with Gasteiger partial charge in [-0.3, -0.25) is 0 Å². The van der Waals surface area contributed by atoms with Gasteiger partial charge < -0.3 is 10.3 Å². The summed E-state index contributed by atoms with van der Waals surface area (Å²) in [5, 5.41) is 2.53. The van der Waals surface area contributed by atoms with Crippen LogP contribution in [-0.2, 0) is 10.9 Å². The average molecular weight is 405 g/mol. The molecule has 3 aromatic carbocycles. The summed E-state index contributed by atoms with van der Waals surface area (Å²) in [7, 11) is -1.85. The highest BCUT2D eigenvalue weighted by Gasteiger charge is 2.43. The fourth-order valence-electron chi connectivity index (χ4n) is 3.94. The zero-order valence-corrected chi connectivity index (χ0v) is 17.8. The second-order valence-electron chi connectivity index (χ2n) is 8.14. The molecule has 2 aliphatic heterocycles.